The smallest absolute Gasteiger partial charge is 0.224 e. The Balaban J connectivity index is 2.06. The number of fused-ring (bicyclic) bond motifs is 1. The number of aryl methyl sites for hydroxylation is 2. The van der Waals surface area contributed by atoms with Crippen LogP contribution in [-0.4, -0.2) is 16.5 Å². The Kier molecular flexibility index (Phi) is 2.92. The normalized spacial score (nSPS) is 14.4. The van der Waals surface area contributed by atoms with E-state index in [0.29, 0.717) is 5.28 Å². The fourth-order valence-corrected chi connectivity index (χ4v) is 2.58. The molecule has 0 atom stereocenters. The SMILES string of the molecule is Cc1ccc2c(c1)CCCN2c1ccnc(Cl)n1. The van der Waals surface area contributed by atoms with Crippen LogP contribution in [0.15, 0.2) is 30.5 Å². The minimum atomic E-state index is 0.298. The Morgan fingerprint density at radius 2 is 2.17 bits per heavy atom. The molecule has 0 unspecified atom stereocenters. The highest BCUT2D eigenvalue weighted by Gasteiger charge is 2.19. The zero-order chi connectivity index (χ0) is 12.5. The summed E-state index contributed by atoms with van der Waals surface area (Å²) in [6.45, 7) is 3.10. The summed E-state index contributed by atoms with van der Waals surface area (Å²) in [4.78, 5) is 10.4. The van der Waals surface area contributed by atoms with E-state index in [2.05, 4.69) is 40.0 Å². The molecule has 3 nitrogen and oxygen atoms in total. The maximum atomic E-state index is 5.87. The van der Waals surface area contributed by atoms with Gasteiger partial charge in [0.1, 0.15) is 5.82 Å². The van der Waals surface area contributed by atoms with Crippen LogP contribution < -0.4 is 4.90 Å². The summed E-state index contributed by atoms with van der Waals surface area (Å²) in [5.41, 5.74) is 3.92. The van der Waals surface area contributed by atoms with Crippen LogP contribution in [0.25, 0.3) is 0 Å². The van der Waals surface area contributed by atoms with Gasteiger partial charge >= 0.3 is 0 Å². The second kappa shape index (κ2) is 4.58. The van der Waals surface area contributed by atoms with Crippen molar-refractivity contribution in [3.05, 3.63) is 46.9 Å². The van der Waals surface area contributed by atoms with Crippen molar-refractivity contribution < 1.29 is 0 Å². The third-order valence-electron chi connectivity index (χ3n) is 3.24. The minimum Gasteiger partial charge on any atom is -0.326 e. The summed E-state index contributed by atoms with van der Waals surface area (Å²) < 4.78 is 0. The molecular formula is C14H14ClN3. The maximum absolute atomic E-state index is 5.87. The third-order valence-corrected chi connectivity index (χ3v) is 3.42. The lowest BCUT2D eigenvalue weighted by Crippen LogP contribution is -2.25. The van der Waals surface area contributed by atoms with Crippen molar-refractivity contribution in [3.8, 4) is 0 Å². The molecule has 1 aliphatic heterocycles. The topological polar surface area (TPSA) is 29.0 Å². The van der Waals surface area contributed by atoms with E-state index in [0.717, 1.165) is 25.2 Å². The van der Waals surface area contributed by atoms with Crippen LogP contribution in [-0.2, 0) is 6.42 Å². The van der Waals surface area contributed by atoms with Crippen LogP contribution >= 0.6 is 11.6 Å². The molecule has 2 aromatic rings. The average Bonchev–Trinajstić information content (AvgIpc) is 2.37. The number of hydrogen-bond acceptors (Lipinski definition) is 3. The van der Waals surface area contributed by atoms with E-state index in [1.807, 2.05) is 6.07 Å². The average molecular weight is 260 g/mol. The van der Waals surface area contributed by atoms with Gasteiger partial charge in [0, 0.05) is 18.4 Å². The Morgan fingerprint density at radius 3 is 3.00 bits per heavy atom. The fraction of sp³-hybridized carbons (Fsp3) is 0.286. The van der Waals surface area contributed by atoms with Crippen LogP contribution in [0.2, 0.25) is 5.28 Å². The van der Waals surface area contributed by atoms with Gasteiger partial charge in [-0.25, -0.2) is 9.97 Å². The first-order chi connectivity index (χ1) is 8.74. The van der Waals surface area contributed by atoms with Gasteiger partial charge in [-0.2, -0.15) is 0 Å². The first-order valence-electron chi connectivity index (χ1n) is 6.10. The molecule has 3 rings (SSSR count). The number of benzene rings is 1. The van der Waals surface area contributed by atoms with Gasteiger partial charge < -0.3 is 4.90 Å². The summed E-state index contributed by atoms with van der Waals surface area (Å²) in [6, 6.07) is 8.46. The molecule has 0 fully saturated rings. The minimum absolute atomic E-state index is 0.298. The molecule has 0 amide bonds. The first kappa shape index (κ1) is 11.5. The van der Waals surface area contributed by atoms with E-state index in [1.165, 1.54) is 16.8 Å². The van der Waals surface area contributed by atoms with Crippen molar-refractivity contribution in [1.82, 2.24) is 9.97 Å². The van der Waals surface area contributed by atoms with Crippen LogP contribution in [0.1, 0.15) is 17.5 Å². The van der Waals surface area contributed by atoms with Crippen LogP contribution in [0, 0.1) is 6.92 Å². The Labute approximate surface area is 111 Å². The lowest BCUT2D eigenvalue weighted by Gasteiger charge is -2.30. The van der Waals surface area contributed by atoms with Crippen molar-refractivity contribution in [2.24, 2.45) is 0 Å². The van der Waals surface area contributed by atoms with E-state index in [-0.39, 0.29) is 0 Å². The van der Waals surface area contributed by atoms with Gasteiger partial charge in [0.25, 0.3) is 0 Å². The molecule has 1 aromatic heterocycles. The lowest BCUT2D eigenvalue weighted by atomic mass is 9.99. The molecule has 18 heavy (non-hydrogen) atoms. The Morgan fingerprint density at radius 1 is 1.28 bits per heavy atom. The number of hydrogen-bond donors (Lipinski definition) is 0. The highest BCUT2D eigenvalue weighted by Crippen LogP contribution is 2.33. The molecule has 1 aliphatic rings. The monoisotopic (exact) mass is 259 g/mol. The van der Waals surface area contributed by atoms with Crippen molar-refractivity contribution >= 4 is 23.1 Å². The largest absolute Gasteiger partial charge is 0.326 e. The van der Waals surface area contributed by atoms with Crippen LogP contribution in [0.3, 0.4) is 0 Å². The second-order valence-electron chi connectivity index (χ2n) is 4.57. The number of nitrogens with zero attached hydrogens (tertiary/aromatic N) is 3. The predicted octanol–water partition coefficient (Wildman–Crippen LogP) is 3.52. The summed E-state index contributed by atoms with van der Waals surface area (Å²) in [7, 11) is 0. The van der Waals surface area contributed by atoms with Gasteiger partial charge in [-0.15, -0.1) is 0 Å². The lowest BCUT2D eigenvalue weighted by molar-refractivity contribution is 0.757. The van der Waals surface area contributed by atoms with E-state index in [9.17, 15) is 0 Å². The molecule has 4 heteroatoms. The van der Waals surface area contributed by atoms with Crippen molar-refractivity contribution in [3.63, 3.8) is 0 Å². The Hall–Kier alpha value is -1.61. The molecule has 0 saturated carbocycles. The summed E-state index contributed by atoms with van der Waals surface area (Å²) in [5.74, 6) is 0.875. The van der Waals surface area contributed by atoms with Crippen LogP contribution in [0.4, 0.5) is 11.5 Å². The van der Waals surface area contributed by atoms with Gasteiger partial charge in [0.05, 0.1) is 0 Å². The van der Waals surface area contributed by atoms with Crippen molar-refractivity contribution in [1.29, 1.82) is 0 Å². The molecule has 0 radical (unpaired) electrons. The van der Waals surface area contributed by atoms with E-state index < -0.39 is 0 Å². The molecule has 0 aliphatic carbocycles. The molecule has 92 valence electrons. The number of halogens is 1. The van der Waals surface area contributed by atoms with E-state index in [1.54, 1.807) is 6.20 Å². The van der Waals surface area contributed by atoms with Crippen LogP contribution in [0.5, 0.6) is 0 Å². The standard InChI is InChI=1S/C14H14ClN3/c1-10-4-5-12-11(9-10)3-2-8-18(12)13-6-7-16-14(15)17-13/h4-7,9H,2-3,8H2,1H3. The quantitative estimate of drug-likeness (QED) is 0.734. The van der Waals surface area contributed by atoms with Gasteiger partial charge in [-0.05, 0) is 49.1 Å². The van der Waals surface area contributed by atoms with Crippen molar-refractivity contribution in [2.45, 2.75) is 19.8 Å². The number of aromatic nitrogens is 2. The molecule has 0 N–H and O–H groups in total. The van der Waals surface area contributed by atoms with Crippen molar-refractivity contribution in [2.75, 3.05) is 11.4 Å². The molecule has 0 bridgehead atoms. The summed E-state index contributed by atoms with van der Waals surface area (Å²) >= 11 is 5.87. The predicted molar refractivity (Wildman–Crippen MR) is 73.5 cm³/mol. The summed E-state index contributed by atoms with van der Waals surface area (Å²) in [5, 5.41) is 0.298. The highest BCUT2D eigenvalue weighted by atomic mass is 35.5. The zero-order valence-electron chi connectivity index (χ0n) is 10.2. The highest BCUT2D eigenvalue weighted by molar-refractivity contribution is 6.28. The van der Waals surface area contributed by atoms with Gasteiger partial charge in [0.15, 0.2) is 0 Å². The molecular weight excluding hydrogens is 246 g/mol. The van der Waals surface area contributed by atoms with Gasteiger partial charge in [-0.1, -0.05) is 17.7 Å². The number of rotatable bonds is 1. The van der Waals surface area contributed by atoms with Gasteiger partial charge in [0.2, 0.25) is 5.28 Å². The molecule has 1 aromatic carbocycles. The molecule has 0 spiro atoms. The fourth-order valence-electron chi connectivity index (χ4n) is 2.44. The van der Waals surface area contributed by atoms with Gasteiger partial charge in [-0.3, -0.25) is 0 Å². The zero-order valence-corrected chi connectivity index (χ0v) is 11.0. The first-order valence-corrected chi connectivity index (χ1v) is 6.47. The molecule has 2 heterocycles. The second-order valence-corrected chi connectivity index (χ2v) is 4.91. The third kappa shape index (κ3) is 2.06. The van der Waals surface area contributed by atoms with E-state index >= 15 is 0 Å². The molecule has 0 saturated heterocycles. The summed E-state index contributed by atoms with van der Waals surface area (Å²) in [6.07, 6.45) is 3.97. The Bertz CT molecular complexity index is 583. The number of anilines is 2. The van der Waals surface area contributed by atoms with E-state index in [4.69, 9.17) is 11.6 Å². The maximum Gasteiger partial charge on any atom is 0.224 e.